The molecule has 3 N–H and O–H groups in total. The SMILES string of the molecule is CCOC1CC(N)C1NC(=O)c1ccc(C)c(Br)c1. The van der Waals surface area contributed by atoms with E-state index in [0.29, 0.717) is 12.2 Å². The van der Waals surface area contributed by atoms with Gasteiger partial charge in [0.25, 0.3) is 5.91 Å². The van der Waals surface area contributed by atoms with Crippen molar-refractivity contribution >= 4 is 21.8 Å². The van der Waals surface area contributed by atoms with Gasteiger partial charge in [-0.05, 0) is 38.0 Å². The summed E-state index contributed by atoms with van der Waals surface area (Å²) in [4.78, 5) is 12.2. The topological polar surface area (TPSA) is 64.3 Å². The average molecular weight is 327 g/mol. The van der Waals surface area contributed by atoms with E-state index in [1.807, 2.05) is 32.0 Å². The van der Waals surface area contributed by atoms with Crippen molar-refractivity contribution in [2.45, 2.75) is 38.5 Å². The van der Waals surface area contributed by atoms with Crippen LogP contribution in [0.4, 0.5) is 0 Å². The summed E-state index contributed by atoms with van der Waals surface area (Å²) < 4.78 is 6.47. The van der Waals surface area contributed by atoms with Crippen molar-refractivity contribution < 1.29 is 9.53 Å². The number of amides is 1. The van der Waals surface area contributed by atoms with Crippen molar-refractivity contribution in [3.05, 3.63) is 33.8 Å². The molecule has 1 aromatic carbocycles. The Balaban J connectivity index is 2.02. The number of rotatable bonds is 4. The summed E-state index contributed by atoms with van der Waals surface area (Å²) in [6, 6.07) is 5.45. The van der Waals surface area contributed by atoms with Gasteiger partial charge in [-0.15, -0.1) is 0 Å². The predicted octanol–water partition coefficient (Wildman–Crippen LogP) is 1.99. The molecule has 1 aliphatic rings. The van der Waals surface area contributed by atoms with Gasteiger partial charge in [-0.2, -0.15) is 0 Å². The highest BCUT2D eigenvalue weighted by molar-refractivity contribution is 9.10. The van der Waals surface area contributed by atoms with Crippen molar-refractivity contribution in [3.8, 4) is 0 Å². The number of benzene rings is 1. The van der Waals surface area contributed by atoms with E-state index in [9.17, 15) is 4.79 Å². The molecule has 1 aromatic rings. The lowest BCUT2D eigenvalue weighted by molar-refractivity contribution is -0.0300. The molecule has 1 fully saturated rings. The van der Waals surface area contributed by atoms with Gasteiger partial charge in [0.1, 0.15) is 0 Å². The van der Waals surface area contributed by atoms with Crippen LogP contribution in [0.25, 0.3) is 0 Å². The van der Waals surface area contributed by atoms with Crippen molar-refractivity contribution in [2.24, 2.45) is 5.73 Å². The number of nitrogens with one attached hydrogen (secondary N) is 1. The third kappa shape index (κ3) is 3.16. The van der Waals surface area contributed by atoms with Crippen LogP contribution >= 0.6 is 15.9 Å². The van der Waals surface area contributed by atoms with Crippen LogP contribution in [0.2, 0.25) is 0 Å². The predicted molar refractivity (Wildman–Crippen MR) is 78.1 cm³/mol. The fraction of sp³-hybridized carbons (Fsp3) is 0.500. The van der Waals surface area contributed by atoms with Crippen LogP contribution in [-0.4, -0.2) is 30.7 Å². The van der Waals surface area contributed by atoms with E-state index in [-0.39, 0.29) is 24.1 Å². The van der Waals surface area contributed by atoms with E-state index in [1.54, 1.807) is 0 Å². The van der Waals surface area contributed by atoms with E-state index in [2.05, 4.69) is 21.2 Å². The quantitative estimate of drug-likeness (QED) is 0.889. The summed E-state index contributed by atoms with van der Waals surface area (Å²) >= 11 is 3.43. The number of halogens is 1. The molecule has 19 heavy (non-hydrogen) atoms. The van der Waals surface area contributed by atoms with Gasteiger partial charge in [0, 0.05) is 22.7 Å². The molecule has 3 atom stereocenters. The molecule has 104 valence electrons. The fourth-order valence-electron chi connectivity index (χ4n) is 2.20. The summed E-state index contributed by atoms with van der Waals surface area (Å²) in [5.74, 6) is -0.106. The number of aryl methyl sites for hydroxylation is 1. The summed E-state index contributed by atoms with van der Waals surface area (Å²) in [5.41, 5.74) is 7.65. The molecular weight excluding hydrogens is 308 g/mol. The van der Waals surface area contributed by atoms with Gasteiger partial charge in [0.2, 0.25) is 0 Å². The van der Waals surface area contributed by atoms with Crippen LogP contribution in [0, 0.1) is 6.92 Å². The van der Waals surface area contributed by atoms with E-state index in [0.717, 1.165) is 16.5 Å². The summed E-state index contributed by atoms with van der Waals surface area (Å²) in [6.07, 6.45) is 0.842. The van der Waals surface area contributed by atoms with Crippen LogP contribution in [0.1, 0.15) is 29.3 Å². The van der Waals surface area contributed by atoms with Gasteiger partial charge < -0.3 is 15.8 Å². The largest absolute Gasteiger partial charge is 0.376 e. The number of carbonyl (C=O) groups excluding carboxylic acids is 1. The Kier molecular flexibility index (Phi) is 4.60. The molecule has 0 heterocycles. The van der Waals surface area contributed by atoms with Crippen molar-refractivity contribution in [2.75, 3.05) is 6.61 Å². The fourth-order valence-corrected chi connectivity index (χ4v) is 2.57. The Morgan fingerprint density at radius 2 is 2.32 bits per heavy atom. The smallest absolute Gasteiger partial charge is 0.251 e. The third-order valence-corrected chi connectivity index (χ3v) is 4.33. The van der Waals surface area contributed by atoms with Gasteiger partial charge in [-0.25, -0.2) is 0 Å². The van der Waals surface area contributed by atoms with Gasteiger partial charge in [0.05, 0.1) is 12.1 Å². The van der Waals surface area contributed by atoms with Crippen molar-refractivity contribution in [3.63, 3.8) is 0 Å². The zero-order chi connectivity index (χ0) is 14.0. The maximum absolute atomic E-state index is 12.2. The Morgan fingerprint density at radius 1 is 1.58 bits per heavy atom. The standard InChI is InChI=1S/C14H19BrN2O2/c1-3-19-12-7-11(16)13(12)17-14(18)9-5-4-8(2)10(15)6-9/h4-6,11-13H,3,7,16H2,1-2H3,(H,17,18). The first-order chi connectivity index (χ1) is 9.02. The zero-order valence-corrected chi connectivity index (χ0v) is 12.7. The lowest BCUT2D eigenvalue weighted by Crippen LogP contribution is -2.64. The molecule has 0 aromatic heterocycles. The molecule has 0 spiro atoms. The normalized spacial score (nSPS) is 25.8. The van der Waals surface area contributed by atoms with E-state index >= 15 is 0 Å². The maximum Gasteiger partial charge on any atom is 0.251 e. The first-order valence-electron chi connectivity index (χ1n) is 6.47. The molecule has 1 amide bonds. The van der Waals surface area contributed by atoms with Crippen molar-refractivity contribution in [1.82, 2.24) is 5.32 Å². The number of hydrogen-bond acceptors (Lipinski definition) is 3. The molecule has 0 bridgehead atoms. The van der Waals surface area contributed by atoms with E-state index in [1.165, 1.54) is 0 Å². The molecule has 5 heteroatoms. The summed E-state index contributed by atoms with van der Waals surface area (Å²) in [5, 5.41) is 2.95. The summed E-state index contributed by atoms with van der Waals surface area (Å²) in [6.45, 7) is 4.57. The Morgan fingerprint density at radius 3 is 2.89 bits per heavy atom. The van der Waals surface area contributed by atoms with Gasteiger partial charge in [-0.1, -0.05) is 22.0 Å². The zero-order valence-electron chi connectivity index (χ0n) is 11.2. The number of ether oxygens (including phenoxy) is 1. The second kappa shape index (κ2) is 6.03. The second-order valence-corrected chi connectivity index (χ2v) is 5.71. The van der Waals surface area contributed by atoms with Crippen LogP contribution in [0.15, 0.2) is 22.7 Å². The van der Waals surface area contributed by atoms with Crippen LogP contribution in [-0.2, 0) is 4.74 Å². The minimum Gasteiger partial charge on any atom is -0.376 e. The molecule has 4 nitrogen and oxygen atoms in total. The first kappa shape index (κ1) is 14.5. The Hall–Kier alpha value is -0.910. The molecule has 0 saturated heterocycles. The van der Waals surface area contributed by atoms with Gasteiger partial charge in [-0.3, -0.25) is 4.79 Å². The first-order valence-corrected chi connectivity index (χ1v) is 7.26. The highest BCUT2D eigenvalue weighted by atomic mass is 79.9. The van der Waals surface area contributed by atoms with Crippen LogP contribution < -0.4 is 11.1 Å². The Labute approximate surface area is 121 Å². The van der Waals surface area contributed by atoms with Gasteiger partial charge in [0.15, 0.2) is 0 Å². The average Bonchev–Trinajstić information content (AvgIpc) is 2.38. The van der Waals surface area contributed by atoms with E-state index in [4.69, 9.17) is 10.5 Å². The lowest BCUT2D eigenvalue weighted by atomic mass is 9.83. The number of nitrogens with two attached hydrogens (primary N) is 1. The van der Waals surface area contributed by atoms with E-state index < -0.39 is 0 Å². The van der Waals surface area contributed by atoms with Crippen LogP contribution in [0.5, 0.6) is 0 Å². The molecule has 2 rings (SSSR count). The van der Waals surface area contributed by atoms with Crippen LogP contribution in [0.3, 0.4) is 0 Å². The molecular formula is C14H19BrN2O2. The molecule has 0 radical (unpaired) electrons. The Bertz CT molecular complexity index is 477. The molecule has 1 saturated carbocycles. The van der Waals surface area contributed by atoms with Crippen molar-refractivity contribution in [1.29, 1.82) is 0 Å². The van der Waals surface area contributed by atoms with Gasteiger partial charge >= 0.3 is 0 Å². The maximum atomic E-state index is 12.2. The highest BCUT2D eigenvalue weighted by Gasteiger charge is 2.40. The third-order valence-electron chi connectivity index (χ3n) is 3.48. The summed E-state index contributed by atoms with van der Waals surface area (Å²) in [7, 11) is 0. The lowest BCUT2D eigenvalue weighted by Gasteiger charge is -2.42. The number of hydrogen-bond donors (Lipinski definition) is 2. The monoisotopic (exact) mass is 326 g/mol. The minimum absolute atomic E-state index is 0.0191. The highest BCUT2D eigenvalue weighted by Crippen LogP contribution is 2.23. The molecule has 0 aliphatic heterocycles. The minimum atomic E-state index is -0.106. The second-order valence-electron chi connectivity index (χ2n) is 4.86. The number of carbonyl (C=O) groups is 1. The molecule has 1 aliphatic carbocycles. The molecule has 3 unspecified atom stereocenters.